The summed E-state index contributed by atoms with van der Waals surface area (Å²) < 4.78 is 25.3. The van der Waals surface area contributed by atoms with Gasteiger partial charge in [0.25, 0.3) is 0 Å². The van der Waals surface area contributed by atoms with Crippen LogP contribution in [0.3, 0.4) is 0 Å². The van der Waals surface area contributed by atoms with Crippen LogP contribution in [0.25, 0.3) is 0 Å². The molecule has 0 unspecified atom stereocenters. The van der Waals surface area contributed by atoms with Crippen LogP contribution in [0.1, 0.15) is 39.0 Å². The summed E-state index contributed by atoms with van der Waals surface area (Å²) in [6.07, 6.45) is 3.29. The molecule has 0 aromatic rings. The Morgan fingerprint density at radius 1 is 1.33 bits per heavy atom. The van der Waals surface area contributed by atoms with E-state index in [0.29, 0.717) is 0 Å². The highest BCUT2D eigenvalue weighted by Crippen LogP contribution is 2.55. The van der Waals surface area contributed by atoms with Crippen molar-refractivity contribution in [3.05, 3.63) is 0 Å². The van der Waals surface area contributed by atoms with E-state index in [0.717, 1.165) is 24.6 Å². The van der Waals surface area contributed by atoms with Gasteiger partial charge in [0.1, 0.15) is 0 Å². The molecule has 0 saturated heterocycles. The zero-order valence-corrected chi connectivity index (χ0v) is 8.96. The predicted molar refractivity (Wildman–Crippen MR) is 49.9 cm³/mol. The second-order valence-electron chi connectivity index (χ2n) is 3.95. The van der Waals surface area contributed by atoms with E-state index in [-0.39, 0.29) is 18.3 Å². The van der Waals surface area contributed by atoms with Gasteiger partial charge in [-0.2, -0.15) is 0 Å². The van der Waals surface area contributed by atoms with Gasteiger partial charge in [0.05, 0.1) is 0 Å². The molecule has 1 aliphatic rings. The third-order valence-electron chi connectivity index (χ3n) is 2.61. The Hall–Kier alpha value is 0.340. The summed E-state index contributed by atoms with van der Waals surface area (Å²) in [5.74, 6) is -2.37. The number of hydrogen-bond donors (Lipinski definition) is 0. The molecular formula is C9H15BrF2. The summed E-state index contributed by atoms with van der Waals surface area (Å²) in [4.78, 5) is 0. The number of alkyl halides is 3. The number of unbranched alkanes of at least 4 members (excludes halogenated alkanes) is 1. The highest BCUT2D eigenvalue weighted by Gasteiger charge is 2.54. The smallest absolute Gasteiger partial charge is 0.207 e. The Kier molecular flexibility index (Phi) is 3.13. The molecule has 0 heterocycles. The minimum absolute atomic E-state index is 0.0838. The molecule has 0 bridgehead atoms. The van der Waals surface area contributed by atoms with E-state index in [4.69, 9.17) is 0 Å². The highest BCUT2D eigenvalue weighted by atomic mass is 79.9. The molecule has 12 heavy (non-hydrogen) atoms. The van der Waals surface area contributed by atoms with E-state index in [1.54, 1.807) is 0 Å². The van der Waals surface area contributed by atoms with Crippen LogP contribution in [0.15, 0.2) is 0 Å². The van der Waals surface area contributed by atoms with Gasteiger partial charge in [-0.1, -0.05) is 35.7 Å². The molecule has 0 amide bonds. The average molecular weight is 241 g/mol. The van der Waals surface area contributed by atoms with Gasteiger partial charge < -0.3 is 0 Å². The zero-order valence-electron chi connectivity index (χ0n) is 7.38. The van der Waals surface area contributed by atoms with Crippen molar-refractivity contribution >= 4 is 15.9 Å². The van der Waals surface area contributed by atoms with Gasteiger partial charge in [-0.25, -0.2) is 8.78 Å². The van der Waals surface area contributed by atoms with Crippen molar-refractivity contribution in [3.63, 3.8) is 0 Å². The van der Waals surface area contributed by atoms with Gasteiger partial charge in [0, 0.05) is 18.2 Å². The van der Waals surface area contributed by atoms with Crippen LogP contribution in [0.4, 0.5) is 8.78 Å². The lowest BCUT2D eigenvalue weighted by molar-refractivity contribution is -0.154. The normalized spacial score (nSPS) is 25.0. The quantitative estimate of drug-likeness (QED) is 0.653. The van der Waals surface area contributed by atoms with E-state index in [2.05, 4.69) is 22.9 Å². The third-order valence-corrected chi connectivity index (χ3v) is 3.80. The van der Waals surface area contributed by atoms with Crippen LogP contribution in [0.5, 0.6) is 0 Å². The summed E-state index contributed by atoms with van der Waals surface area (Å²) in [5, 5.41) is 0.732. The lowest BCUT2D eigenvalue weighted by Gasteiger charge is -2.46. The number of halogens is 3. The Bertz CT molecular complexity index is 149. The first-order valence-corrected chi connectivity index (χ1v) is 5.60. The molecule has 1 saturated carbocycles. The van der Waals surface area contributed by atoms with E-state index < -0.39 is 5.92 Å². The van der Waals surface area contributed by atoms with Crippen molar-refractivity contribution in [2.24, 2.45) is 5.41 Å². The molecule has 0 aromatic heterocycles. The van der Waals surface area contributed by atoms with Crippen LogP contribution in [-0.4, -0.2) is 11.3 Å². The molecule has 0 aliphatic heterocycles. The first kappa shape index (κ1) is 10.4. The van der Waals surface area contributed by atoms with E-state index in [9.17, 15) is 8.78 Å². The summed E-state index contributed by atoms with van der Waals surface area (Å²) in [6, 6.07) is 0. The molecule has 1 rings (SSSR count). The molecule has 0 aromatic carbocycles. The van der Waals surface area contributed by atoms with Crippen molar-refractivity contribution in [1.29, 1.82) is 0 Å². The van der Waals surface area contributed by atoms with Crippen molar-refractivity contribution in [3.8, 4) is 0 Å². The van der Waals surface area contributed by atoms with Crippen LogP contribution < -0.4 is 0 Å². The fourth-order valence-corrected chi connectivity index (χ4v) is 2.61. The molecule has 1 fully saturated rings. The molecule has 0 N–H and O–H groups in total. The van der Waals surface area contributed by atoms with Gasteiger partial charge in [-0.3, -0.25) is 0 Å². The Morgan fingerprint density at radius 2 is 1.92 bits per heavy atom. The van der Waals surface area contributed by atoms with Gasteiger partial charge in [0.15, 0.2) is 0 Å². The van der Waals surface area contributed by atoms with Crippen molar-refractivity contribution in [2.45, 2.75) is 45.0 Å². The standard InChI is InChI=1S/C9H15BrF2/c1-2-3-4-8(7-10)5-9(11,12)6-8/h2-7H2,1H3. The Balaban J connectivity index is 2.36. The molecule has 0 spiro atoms. The van der Waals surface area contributed by atoms with Gasteiger partial charge in [-0.15, -0.1) is 0 Å². The highest BCUT2D eigenvalue weighted by molar-refractivity contribution is 9.09. The van der Waals surface area contributed by atoms with Crippen molar-refractivity contribution in [2.75, 3.05) is 5.33 Å². The number of rotatable bonds is 4. The topological polar surface area (TPSA) is 0 Å². The first-order chi connectivity index (χ1) is 5.54. The molecule has 1 aliphatic carbocycles. The maximum Gasteiger partial charge on any atom is 0.249 e. The van der Waals surface area contributed by atoms with Crippen LogP contribution >= 0.6 is 15.9 Å². The van der Waals surface area contributed by atoms with E-state index in [1.165, 1.54) is 0 Å². The molecule has 3 heteroatoms. The second-order valence-corrected chi connectivity index (χ2v) is 4.51. The summed E-state index contributed by atoms with van der Waals surface area (Å²) in [5.41, 5.74) is -0.0838. The predicted octanol–water partition coefficient (Wildman–Crippen LogP) is 3.99. The fraction of sp³-hybridized carbons (Fsp3) is 1.00. The molecular weight excluding hydrogens is 226 g/mol. The largest absolute Gasteiger partial charge is 0.249 e. The minimum Gasteiger partial charge on any atom is -0.207 e. The molecule has 0 radical (unpaired) electrons. The van der Waals surface area contributed by atoms with Crippen LogP contribution in [0.2, 0.25) is 0 Å². The van der Waals surface area contributed by atoms with Gasteiger partial charge in [0.2, 0.25) is 5.92 Å². The maximum absolute atomic E-state index is 12.6. The molecule has 72 valence electrons. The van der Waals surface area contributed by atoms with Crippen LogP contribution in [0, 0.1) is 5.41 Å². The van der Waals surface area contributed by atoms with E-state index >= 15 is 0 Å². The van der Waals surface area contributed by atoms with Crippen molar-refractivity contribution < 1.29 is 8.78 Å². The monoisotopic (exact) mass is 240 g/mol. The Morgan fingerprint density at radius 3 is 2.25 bits per heavy atom. The van der Waals surface area contributed by atoms with Crippen molar-refractivity contribution in [1.82, 2.24) is 0 Å². The summed E-state index contributed by atoms with van der Waals surface area (Å²) in [7, 11) is 0. The SMILES string of the molecule is CCCCC1(CBr)CC(F)(F)C1. The second kappa shape index (κ2) is 3.60. The fourth-order valence-electron chi connectivity index (χ4n) is 1.94. The molecule has 0 nitrogen and oxygen atoms in total. The van der Waals surface area contributed by atoms with E-state index in [1.807, 2.05) is 0 Å². The van der Waals surface area contributed by atoms with Gasteiger partial charge in [-0.05, 0) is 11.8 Å². The lowest BCUT2D eigenvalue weighted by atomic mass is 9.65. The zero-order chi connectivity index (χ0) is 9.24. The lowest BCUT2D eigenvalue weighted by Crippen LogP contribution is -2.47. The third kappa shape index (κ3) is 2.18. The van der Waals surface area contributed by atoms with Gasteiger partial charge >= 0.3 is 0 Å². The summed E-state index contributed by atoms with van der Waals surface area (Å²) >= 11 is 3.33. The minimum atomic E-state index is -2.37. The average Bonchev–Trinajstić information content (AvgIpc) is 1.96. The number of hydrogen-bond acceptors (Lipinski definition) is 0. The summed E-state index contributed by atoms with van der Waals surface area (Å²) in [6.45, 7) is 2.10. The first-order valence-electron chi connectivity index (χ1n) is 4.47. The van der Waals surface area contributed by atoms with Crippen LogP contribution in [-0.2, 0) is 0 Å². The Labute approximate surface area is 80.9 Å². The molecule has 0 atom stereocenters. The maximum atomic E-state index is 12.6.